The van der Waals surface area contributed by atoms with E-state index in [-0.39, 0.29) is 0 Å². The van der Waals surface area contributed by atoms with E-state index in [0.717, 1.165) is 18.8 Å². The summed E-state index contributed by atoms with van der Waals surface area (Å²) in [7, 11) is 1.68. The van der Waals surface area contributed by atoms with Crippen molar-refractivity contribution in [2.45, 2.75) is 20.0 Å². The van der Waals surface area contributed by atoms with Crippen molar-refractivity contribution in [3.63, 3.8) is 0 Å². The van der Waals surface area contributed by atoms with E-state index in [1.54, 1.807) is 7.11 Å². The lowest BCUT2D eigenvalue weighted by atomic mass is 10.1. The summed E-state index contributed by atoms with van der Waals surface area (Å²) in [5, 5.41) is 3.46. The molecule has 0 amide bonds. The first-order valence-corrected chi connectivity index (χ1v) is 7.25. The molecule has 1 N–H and O–H groups in total. The summed E-state index contributed by atoms with van der Waals surface area (Å²) in [6.45, 7) is 4.92. The normalized spacial score (nSPS) is 10.6. The molecule has 0 aliphatic rings. The average Bonchev–Trinajstić information content (AvgIpc) is 2.51. The Kier molecular flexibility index (Phi) is 6.25. The topological polar surface area (TPSA) is 30.5 Å². The maximum absolute atomic E-state index is 5.73. The van der Waals surface area contributed by atoms with Crippen LogP contribution in [-0.2, 0) is 17.8 Å². The number of hydrogen-bond acceptors (Lipinski definition) is 3. The second-order valence-corrected chi connectivity index (χ2v) is 5.04. The highest BCUT2D eigenvalue weighted by atomic mass is 16.5. The minimum absolute atomic E-state index is 0.575. The van der Waals surface area contributed by atoms with Gasteiger partial charge in [0.2, 0.25) is 0 Å². The summed E-state index contributed by atoms with van der Waals surface area (Å²) in [5.74, 6) is 0.922. The molecule has 0 unspecified atom stereocenters. The number of rotatable bonds is 8. The summed E-state index contributed by atoms with van der Waals surface area (Å²) in [6, 6.07) is 16.7. The van der Waals surface area contributed by atoms with Crippen LogP contribution in [0.2, 0.25) is 0 Å². The lowest BCUT2D eigenvalue weighted by molar-refractivity contribution is 0.145. The highest BCUT2D eigenvalue weighted by molar-refractivity contribution is 5.33. The van der Waals surface area contributed by atoms with Gasteiger partial charge in [-0.15, -0.1) is 0 Å². The average molecular weight is 285 g/mol. The Morgan fingerprint density at radius 1 is 0.905 bits per heavy atom. The molecule has 112 valence electrons. The molecule has 0 radical (unpaired) electrons. The number of benzene rings is 2. The quantitative estimate of drug-likeness (QED) is 0.755. The third-order valence-corrected chi connectivity index (χ3v) is 3.28. The van der Waals surface area contributed by atoms with Gasteiger partial charge in [-0.25, -0.2) is 0 Å². The maximum Gasteiger partial charge on any atom is 0.123 e. The number of methoxy groups -OCH3 is 1. The predicted molar refractivity (Wildman–Crippen MR) is 85.5 cm³/mol. The van der Waals surface area contributed by atoms with Crippen LogP contribution in [0.1, 0.15) is 16.7 Å². The van der Waals surface area contributed by atoms with Gasteiger partial charge in [0.15, 0.2) is 0 Å². The smallest absolute Gasteiger partial charge is 0.123 e. The van der Waals surface area contributed by atoms with Crippen molar-refractivity contribution >= 4 is 0 Å². The van der Waals surface area contributed by atoms with Crippen LogP contribution in [0.25, 0.3) is 0 Å². The van der Waals surface area contributed by atoms with E-state index in [1.807, 2.05) is 18.2 Å². The molecule has 2 aromatic carbocycles. The van der Waals surface area contributed by atoms with Crippen LogP contribution >= 0.6 is 0 Å². The van der Waals surface area contributed by atoms with Gasteiger partial charge in [-0.05, 0) is 18.6 Å². The molecule has 0 aliphatic carbocycles. The Balaban J connectivity index is 1.86. The number of hydrogen-bond donors (Lipinski definition) is 1. The molecule has 0 spiro atoms. The van der Waals surface area contributed by atoms with E-state index >= 15 is 0 Å². The Bertz CT molecular complexity index is 537. The molecule has 2 rings (SSSR count). The first-order valence-electron chi connectivity index (χ1n) is 7.25. The van der Waals surface area contributed by atoms with E-state index in [2.05, 4.69) is 42.6 Å². The molecular weight excluding hydrogens is 262 g/mol. The Morgan fingerprint density at radius 2 is 1.67 bits per heavy atom. The van der Waals surface area contributed by atoms with Crippen molar-refractivity contribution in [1.82, 2.24) is 5.32 Å². The third-order valence-electron chi connectivity index (χ3n) is 3.28. The lowest BCUT2D eigenvalue weighted by Crippen LogP contribution is -2.14. The zero-order chi connectivity index (χ0) is 14.9. The number of para-hydroxylation sites is 1. The van der Waals surface area contributed by atoms with E-state index in [9.17, 15) is 0 Å². The molecule has 2 aromatic rings. The standard InChI is InChI=1S/C18H23NO2/c1-15-7-9-16(10-8-15)13-19-14-17-5-3-4-6-18(17)21-12-11-20-2/h3-10,19H,11-14H2,1-2H3. The van der Waals surface area contributed by atoms with Gasteiger partial charge in [-0.2, -0.15) is 0 Å². The number of ether oxygens (including phenoxy) is 2. The molecule has 0 atom stereocenters. The van der Waals surface area contributed by atoms with Crippen molar-refractivity contribution in [1.29, 1.82) is 0 Å². The molecule has 0 aromatic heterocycles. The number of aryl methyl sites for hydroxylation is 1. The van der Waals surface area contributed by atoms with Crippen molar-refractivity contribution in [3.8, 4) is 5.75 Å². The second-order valence-electron chi connectivity index (χ2n) is 5.04. The molecule has 0 bridgehead atoms. The minimum atomic E-state index is 0.575. The molecule has 0 heterocycles. The zero-order valence-electron chi connectivity index (χ0n) is 12.8. The summed E-state index contributed by atoms with van der Waals surface area (Å²) in [4.78, 5) is 0. The predicted octanol–water partition coefficient (Wildman–Crippen LogP) is 3.31. The van der Waals surface area contributed by atoms with Gasteiger partial charge in [0, 0.05) is 25.8 Å². The highest BCUT2D eigenvalue weighted by Crippen LogP contribution is 2.17. The van der Waals surface area contributed by atoms with Gasteiger partial charge in [-0.1, -0.05) is 48.0 Å². The van der Waals surface area contributed by atoms with Crippen molar-refractivity contribution in [2.75, 3.05) is 20.3 Å². The van der Waals surface area contributed by atoms with E-state index in [4.69, 9.17) is 9.47 Å². The van der Waals surface area contributed by atoms with E-state index < -0.39 is 0 Å². The first kappa shape index (κ1) is 15.5. The Morgan fingerprint density at radius 3 is 2.43 bits per heavy atom. The van der Waals surface area contributed by atoms with Crippen molar-refractivity contribution in [3.05, 3.63) is 65.2 Å². The fourth-order valence-electron chi connectivity index (χ4n) is 2.07. The lowest BCUT2D eigenvalue weighted by Gasteiger charge is -2.12. The Hall–Kier alpha value is -1.84. The molecule has 3 nitrogen and oxygen atoms in total. The van der Waals surface area contributed by atoms with E-state index in [1.165, 1.54) is 16.7 Å². The SMILES string of the molecule is COCCOc1ccccc1CNCc1ccc(C)cc1. The van der Waals surface area contributed by atoms with Gasteiger partial charge < -0.3 is 14.8 Å². The van der Waals surface area contributed by atoms with Crippen molar-refractivity contribution in [2.24, 2.45) is 0 Å². The molecule has 0 aliphatic heterocycles. The van der Waals surface area contributed by atoms with Crippen LogP contribution in [0.3, 0.4) is 0 Å². The zero-order valence-corrected chi connectivity index (χ0v) is 12.8. The fourth-order valence-corrected chi connectivity index (χ4v) is 2.07. The van der Waals surface area contributed by atoms with Crippen LogP contribution < -0.4 is 10.1 Å². The van der Waals surface area contributed by atoms with E-state index in [0.29, 0.717) is 13.2 Å². The third kappa shape index (κ3) is 5.21. The van der Waals surface area contributed by atoms with Crippen LogP contribution in [0.15, 0.2) is 48.5 Å². The molecule has 0 fully saturated rings. The second kappa shape index (κ2) is 8.45. The van der Waals surface area contributed by atoms with Crippen LogP contribution in [0, 0.1) is 6.92 Å². The molecule has 21 heavy (non-hydrogen) atoms. The van der Waals surface area contributed by atoms with Gasteiger partial charge in [0.1, 0.15) is 12.4 Å². The fraction of sp³-hybridized carbons (Fsp3) is 0.333. The summed E-state index contributed by atoms with van der Waals surface area (Å²) < 4.78 is 10.7. The largest absolute Gasteiger partial charge is 0.491 e. The highest BCUT2D eigenvalue weighted by Gasteiger charge is 2.02. The van der Waals surface area contributed by atoms with Gasteiger partial charge in [0.05, 0.1) is 6.61 Å². The van der Waals surface area contributed by atoms with Crippen LogP contribution in [0.5, 0.6) is 5.75 Å². The Labute approximate surface area is 126 Å². The van der Waals surface area contributed by atoms with Gasteiger partial charge >= 0.3 is 0 Å². The maximum atomic E-state index is 5.73. The van der Waals surface area contributed by atoms with Crippen LogP contribution in [-0.4, -0.2) is 20.3 Å². The molecular formula is C18H23NO2. The van der Waals surface area contributed by atoms with Gasteiger partial charge in [0.25, 0.3) is 0 Å². The monoisotopic (exact) mass is 285 g/mol. The minimum Gasteiger partial charge on any atom is -0.491 e. The first-order chi connectivity index (χ1) is 10.3. The molecule has 0 saturated carbocycles. The molecule has 0 saturated heterocycles. The van der Waals surface area contributed by atoms with Gasteiger partial charge in [-0.3, -0.25) is 0 Å². The number of nitrogens with one attached hydrogen (secondary N) is 1. The molecule has 3 heteroatoms. The summed E-state index contributed by atoms with van der Waals surface area (Å²) in [6.07, 6.45) is 0. The summed E-state index contributed by atoms with van der Waals surface area (Å²) >= 11 is 0. The van der Waals surface area contributed by atoms with Crippen LogP contribution in [0.4, 0.5) is 0 Å². The van der Waals surface area contributed by atoms with Crippen molar-refractivity contribution < 1.29 is 9.47 Å². The summed E-state index contributed by atoms with van der Waals surface area (Å²) in [5.41, 5.74) is 3.75.